The van der Waals surface area contributed by atoms with Gasteiger partial charge in [0.25, 0.3) is 6.47 Å². The topological polar surface area (TPSA) is 140 Å². The van der Waals surface area contributed by atoms with Gasteiger partial charge in [0.1, 0.15) is 28.9 Å². The number of nitrogens with zero attached hydrogens (tertiary/aromatic N) is 6. The molecule has 0 saturated carbocycles. The van der Waals surface area contributed by atoms with Gasteiger partial charge in [-0.2, -0.15) is 0 Å². The van der Waals surface area contributed by atoms with Gasteiger partial charge in [0.2, 0.25) is 0 Å². The molecule has 0 spiro atoms. The number of aromatic nitrogens is 6. The van der Waals surface area contributed by atoms with Gasteiger partial charge in [-0.25, -0.2) is 9.97 Å². The van der Waals surface area contributed by atoms with Gasteiger partial charge < -0.3 is 21.4 Å². The maximum absolute atomic E-state index is 9.52. The van der Waals surface area contributed by atoms with Gasteiger partial charge in [0, 0.05) is 74.7 Å². The van der Waals surface area contributed by atoms with Crippen molar-refractivity contribution in [1.29, 1.82) is 0 Å². The number of para-hydroxylation sites is 2. The third kappa shape index (κ3) is 17.4. The van der Waals surface area contributed by atoms with Crippen molar-refractivity contribution in [3.63, 3.8) is 0 Å². The Morgan fingerprint density at radius 1 is 0.466 bits per heavy atom. The number of pyridine rings is 2. The summed E-state index contributed by atoms with van der Waals surface area (Å²) in [6.45, 7) is 17.8. The zero-order chi connectivity index (χ0) is 60.0. The number of aromatic hydroxyl groups is 1. The van der Waals surface area contributed by atoms with Gasteiger partial charge in [-0.05, 0) is 117 Å². The monoisotopic (exact) mass is 1280 g/mol. The van der Waals surface area contributed by atoms with E-state index in [0.717, 1.165) is 77.4 Å². The number of fused-ring (bicyclic) bond motifs is 2. The van der Waals surface area contributed by atoms with Gasteiger partial charge in [-0.3, -0.25) is 23.9 Å². The zero-order valence-electron chi connectivity index (χ0n) is 52.0. The first kappa shape index (κ1) is 70.9. The second kappa shape index (κ2) is 34.1. The molecule has 4 heterocycles. The Hall–Kier alpha value is -6.22. The van der Waals surface area contributed by atoms with Crippen molar-refractivity contribution >= 4 is 43.9 Å². The van der Waals surface area contributed by atoms with E-state index in [0.29, 0.717) is 23.7 Å². The summed E-state index contributed by atoms with van der Waals surface area (Å²) < 4.78 is 11.9. The van der Waals surface area contributed by atoms with Crippen molar-refractivity contribution in [1.82, 2.24) is 29.1 Å². The van der Waals surface area contributed by atoms with E-state index in [9.17, 15) is 5.11 Å². The van der Waals surface area contributed by atoms with Gasteiger partial charge in [0.05, 0.1) is 22.8 Å². The number of benzene rings is 8. The maximum atomic E-state index is 9.52. The van der Waals surface area contributed by atoms with Crippen LogP contribution >= 0.6 is 15.9 Å². The maximum Gasteiger partial charge on any atom is 1.00 e. The molecule has 438 valence electrons. The van der Waals surface area contributed by atoms with E-state index >= 15 is 0 Å². The molecule has 0 fully saturated rings. The van der Waals surface area contributed by atoms with Crippen LogP contribution in [-0.2, 0) is 9.68 Å². The Labute approximate surface area is 612 Å². The van der Waals surface area contributed by atoms with Crippen LogP contribution in [-0.4, -0.2) is 40.6 Å². The zero-order valence-corrected chi connectivity index (χ0v) is 58.8. The fraction of sp³-hybridized carbons (Fsp3) is 0.176. The minimum atomic E-state index is -0.181. The second-order valence-corrected chi connectivity index (χ2v) is 22.5. The van der Waals surface area contributed by atoms with Crippen molar-refractivity contribution < 1.29 is 129 Å². The summed E-state index contributed by atoms with van der Waals surface area (Å²) in [5, 5.41) is 22.5. The fourth-order valence-electron chi connectivity index (χ4n) is 10.5. The first-order valence-electron chi connectivity index (χ1n) is 28.4. The molecule has 0 bridgehead atoms. The van der Waals surface area contributed by atoms with E-state index in [1.54, 1.807) is 18.3 Å². The number of hydrogen-bond acceptors (Lipinski definition) is 9. The number of imidazole rings is 2. The average molecular weight is 1280 g/mol. The number of phenols is 1. The Morgan fingerprint density at radius 3 is 1.26 bits per heavy atom. The van der Waals surface area contributed by atoms with E-state index in [2.05, 4.69) is 216 Å². The summed E-state index contributed by atoms with van der Waals surface area (Å²) in [4.78, 5) is 29.8. The Bertz CT molecular complexity index is 4160. The Balaban J connectivity index is 0.000000251. The number of phenolic OH excluding ortho intramolecular Hbond substituents is 1. The molecule has 8 aromatic carbocycles. The molecule has 1 N–H and O–H groups in total. The number of carbonyl (C=O) groups is 1. The van der Waals surface area contributed by atoms with Crippen molar-refractivity contribution in [2.24, 2.45) is 0 Å². The molecule has 12 aromatic rings. The summed E-state index contributed by atoms with van der Waals surface area (Å²) >= 11 is 3.57. The predicted octanol–water partition coefficient (Wildman–Crippen LogP) is 13.1. The molecule has 0 saturated heterocycles. The van der Waals surface area contributed by atoms with E-state index in [-0.39, 0.29) is 124 Å². The van der Waals surface area contributed by atoms with Crippen LogP contribution in [0.1, 0.15) is 110 Å². The van der Waals surface area contributed by atoms with E-state index < -0.39 is 0 Å². The molecule has 0 radical (unpaired) electrons. The molecular weight excluding hydrogens is 1210 g/mol. The minimum Gasteiger partial charge on any atom is -1.00 e. The van der Waals surface area contributed by atoms with Crippen molar-refractivity contribution in [2.45, 2.75) is 86.5 Å². The summed E-state index contributed by atoms with van der Waals surface area (Å²) in [5.74, 6) is 5.35. The molecule has 14 heteroatoms. The number of ether oxygens (including phenoxy) is 1. The molecule has 11 nitrogen and oxygen atoms in total. The number of halogens is 1. The van der Waals surface area contributed by atoms with Gasteiger partial charge >= 0.3 is 103 Å². The van der Waals surface area contributed by atoms with Crippen LogP contribution in [0.4, 0.5) is 0 Å². The molecule has 0 atom stereocenters. The summed E-state index contributed by atoms with van der Waals surface area (Å²) in [6, 6.07) is 65.5. The normalized spacial score (nSPS) is 10.6. The number of carbonyl (C=O) groups excluding carboxylic acids is 1. The van der Waals surface area contributed by atoms with Crippen LogP contribution in [0.25, 0.3) is 78.2 Å². The minimum absolute atomic E-state index is 0. The van der Waals surface area contributed by atoms with E-state index in [4.69, 9.17) is 19.8 Å². The molecule has 12 rings (SSSR count). The Morgan fingerprint density at radius 2 is 0.841 bits per heavy atom. The van der Waals surface area contributed by atoms with Crippen molar-refractivity contribution in [3.05, 3.63) is 258 Å². The summed E-state index contributed by atoms with van der Waals surface area (Å²) in [6.07, 6.45) is 11.6. The molecular formula is C74H73BrK2N6O5. The molecule has 0 amide bonds. The van der Waals surface area contributed by atoms with Crippen LogP contribution in [0, 0.1) is 0 Å². The Kier molecular flexibility index (Phi) is 27.5. The summed E-state index contributed by atoms with van der Waals surface area (Å²) in [5.41, 5.74) is 13.8. The van der Waals surface area contributed by atoms with Crippen LogP contribution in [0.3, 0.4) is 0 Å². The molecule has 4 aromatic heterocycles. The van der Waals surface area contributed by atoms with Crippen LogP contribution in [0.15, 0.2) is 236 Å². The first-order chi connectivity index (χ1) is 41.2. The van der Waals surface area contributed by atoms with Crippen molar-refractivity contribution in [2.75, 3.05) is 0 Å². The average Bonchev–Trinajstić information content (AvgIpc) is 3.01. The largest absolute Gasteiger partial charge is 1.00 e. The van der Waals surface area contributed by atoms with Gasteiger partial charge in [0.15, 0.2) is 0 Å². The van der Waals surface area contributed by atoms with Crippen molar-refractivity contribution in [3.8, 4) is 73.9 Å². The predicted molar refractivity (Wildman–Crippen MR) is 353 cm³/mol. The molecule has 0 aliphatic rings. The van der Waals surface area contributed by atoms with E-state index in [1.807, 2.05) is 97.5 Å². The molecule has 0 aliphatic carbocycles. The fourth-order valence-corrected chi connectivity index (χ4v) is 10.9. The molecule has 0 unspecified atom stereocenters. The number of hydrogen-bond donors (Lipinski definition) is 1. The molecule has 0 aliphatic heterocycles. The standard InChI is InChI=1S/C36H33N3O.C21H23BrN2.C15H11NO.CH2O3.CH4.2K.H/c1-24(2)31-16-9-17-32(25(3)4)35(31)39-21-20-38-36(39)28-12-8-14-30(23-28)40-29-13-7-11-27(22-29)34-33-15-6-5-10-26(33)18-19-37-34;1-14(2)18-9-6-10-19(15(3)4)20(18)24-12-11-23-21(24)16-7-5-8-17(22)13-16;17-13-6-3-5-12(10-13)15-14-7-2-1-4-11(14)8-9-16-15;2-1-4-3;;;;/h5-25H,1-4H3;5-15H,1-4H3;1-10,17H;1,3H;1H4;;;/q;;;;;2*+1;-1/p-1. The number of rotatable bonds is 13. The van der Waals surface area contributed by atoms with Crippen LogP contribution < -0.4 is 113 Å². The van der Waals surface area contributed by atoms with Gasteiger partial charge in [-0.1, -0.05) is 212 Å². The van der Waals surface area contributed by atoms with Crippen LogP contribution in [0.5, 0.6) is 17.2 Å². The van der Waals surface area contributed by atoms with E-state index in [1.165, 1.54) is 39.0 Å². The quantitative estimate of drug-likeness (QED) is 0.0517. The smallest absolute Gasteiger partial charge is 1.00 e. The van der Waals surface area contributed by atoms with Gasteiger partial charge in [-0.15, -0.1) is 0 Å². The van der Waals surface area contributed by atoms with Crippen LogP contribution in [0.2, 0.25) is 0 Å². The molecule has 88 heavy (non-hydrogen) atoms. The first-order valence-corrected chi connectivity index (χ1v) is 29.2. The third-order valence-electron chi connectivity index (χ3n) is 14.5. The SMILES string of the molecule is C.CC(C)c1cccc(C(C)C)c1-n1ccnc1-c1cccc(Br)c1.CC(C)c1cccc(C(C)C)c1-n1ccnc1-c1cccc(Oc2cccc(-c3nccc4ccccc34)c2)c1.O=CO[O-].Oc1cccc(-c2nccc3ccccc23)c1.[H-].[K+].[K+]. The third-order valence-corrected chi connectivity index (χ3v) is 15.0. The second-order valence-electron chi connectivity index (χ2n) is 21.6. The summed E-state index contributed by atoms with van der Waals surface area (Å²) in [7, 11) is 0.